The summed E-state index contributed by atoms with van der Waals surface area (Å²) >= 11 is 3.28. The molecule has 0 saturated heterocycles. The standard InChI is InChI=1S/C30H35BrFN3O4/c1-15(2)8-24(35-14-25(31)33-20(7)30(35)39)29(38)34-23(13-26(36)37)22-12-21(11-19(6)28(22)32)27-17(4)9-16(3)10-18(27)5/h9-12,14-15,23-24H,8,13H2,1-7H3,(H,34,38)(H,36,37)/t23-,24-/m0/s1. The second-order valence-electron chi connectivity index (χ2n) is 10.6. The number of halogens is 2. The van der Waals surface area contributed by atoms with E-state index in [1.54, 1.807) is 26.0 Å². The highest BCUT2D eigenvalue weighted by Crippen LogP contribution is 2.34. The Hall–Kier alpha value is -3.33. The van der Waals surface area contributed by atoms with Crippen molar-refractivity contribution < 1.29 is 19.1 Å². The largest absolute Gasteiger partial charge is 0.481 e. The molecule has 1 amide bonds. The highest BCUT2D eigenvalue weighted by atomic mass is 79.9. The van der Waals surface area contributed by atoms with Gasteiger partial charge in [-0.15, -0.1) is 0 Å². The van der Waals surface area contributed by atoms with Crippen LogP contribution in [-0.4, -0.2) is 26.5 Å². The number of nitrogens with one attached hydrogen (secondary N) is 1. The van der Waals surface area contributed by atoms with Crippen molar-refractivity contribution in [3.63, 3.8) is 0 Å². The smallest absolute Gasteiger partial charge is 0.305 e. The van der Waals surface area contributed by atoms with Gasteiger partial charge in [0.05, 0.1) is 12.5 Å². The van der Waals surface area contributed by atoms with E-state index >= 15 is 4.39 Å². The summed E-state index contributed by atoms with van der Waals surface area (Å²) in [7, 11) is 0. The van der Waals surface area contributed by atoms with Crippen LogP contribution in [0.15, 0.2) is 39.9 Å². The van der Waals surface area contributed by atoms with E-state index in [1.165, 1.54) is 10.8 Å². The van der Waals surface area contributed by atoms with Gasteiger partial charge < -0.3 is 10.4 Å². The summed E-state index contributed by atoms with van der Waals surface area (Å²) in [5, 5.41) is 12.5. The summed E-state index contributed by atoms with van der Waals surface area (Å²) in [5.74, 6) is -2.30. The lowest BCUT2D eigenvalue weighted by Gasteiger charge is -2.26. The molecule has 7 nitrogen and oxygen atoms in total. The summed E-state index contributed by atoms with van der Waals surface area (Å²) in [6.07, 6.45) is 1.23. The lowest BCUT2D eigenvalue weighted by Crippen LogP contribution is -2.41. The summed E-state index contributed by atoms with van der Waals surface area (Å²) in [6, 6.07) is 5.34. The highest BCUT2D eigenvalue weighted by Gasteiger charge is 2.29. The number of hydrogen-bond acceptors (Lipinski definition) is 4. The molecule has 2 aromatic carbocycles. The van der Waals surface area contributed by atoms with Gasteiger partial charge in [-0.25, -0.2) is 9.37 Å². The molecule has 0 aliphatic heterocycles. The Labute approximate surface area is 236 Å². The maximum absolute atomic E-state index is 15.6. The van der Waals surface area contributed by atoms with Crippen LogP contribution in [0.5, 0.6) is 0 Å². The predicted molar refractivity (Wildman–Crippen MR) is 153 cm³/mol. The quantitative estimate of drug-likeness (QED) is 0.302. The second-order valence-corrected chi connectivity index (χ2v) is 11.4. The van der Waals surface area contributed by atoms with Gasteiger partial charge in [-0.1, -0.05) is 31.5 Å². The molecule has 2 N–H and O–H groups in total. The minimum Gasteiger partial charge on any atom is -0.481 e. The van der Waals surface area contributed by atoms with Gasteiger partial charge in [0.15, 0.2) is 0 Å². The first-order valence-electron chi connectivity index (χ1n) is 12.8. The number of carbonyl (C=O) groups is 2. The molecule has 2 atom stereocenters. The third-order valence-electron chi connectivity index (χ3n) is 6.72. The summed E-state index contributed by atoms with van der Waals surface area (Å²) in [5.41, 5.74) is 5.02. The third-order valence-corrected chi connectivity index (χ3v) is 7.10. The van der Waals surface area contributed by atoms with Crippen molar-refractivity contribution in [1.29, 1.82) is 0 Å². The average Bonchev–Trinajstić information content (AvgIpc) is 2.80. The normalized spacial score (nSPS) is 12.9. The molecule has 208 valence electrons. The molecule has 3 aromatic rings. The minimum absolute atomic E-state index is 0.0348. The molecule has 1 aromatic heterocycles. The van der Waals surface area contributed by atoms with Gasteiger partial charge in [-0.05, 0) is 103 Å². The monoisotopic (exact) mass is 599 g/mol. The van der Waals surface area contributed by atoms with Crippen LogP contribution < -0.4 is 10.9 Å². The van der Waals surface area contributed by atoms with Crippen LogP contribution in [0.3, 0.4) is 0 Å². The van der Waals surface area contributed by atoms with E-state index in [2.05, 4.69) is 26.2 Å². The van der Waals surface area contributed by atoms with Gasteiger partial charge in [0.1, 0.15) is 22.2 Å². The summed E-state index contributed by atoms with van der Waals surface area (Å²) in [4.78, 5) is 42.6. The molecule has 39 heavy (non-hydrogen) atoms. The van der Waals surface area contributed by atoms with E-state index in [0.717, 1.165) is 27.8 Å². The summed E-state index contributed by atoms with van der Waals surface area (Å²) in [6.45, 7) is 13.0. The first kappa shape index (κ1) is 30.2. The van der Waals surface area contributed by atoms with Crippen molar-refractivity contribution >= 4 is 27.8 Å². The van der Waals surface area contributed by atoms with Crippen LogP contribution in [0.1, 0.15) is 72.3 Å². The van der Waals surface area contributed by atoms with Gasteiger partial charge in [-0.2, -0.15) is 0 Å². The van der Waals surface area contributed by atoms with Gasteiger partial charge in [0.25, 0.3) is 5.56 Å². The average molecular weight is 601 g/mol. The molecule has 0 aliphatic rings. The first-order chi connectivity index (χ1) is 18.2. The van der Waals surface area contributed by atoms with E-state index in [4.69, 9.17) is 0 Å². The van der Waals surface area contributed by atoms with E-state index in [1.807, 2.05) is 46.8 Å². The van der Waals surface area contributed by atoms with Crippen molar-refractivity contribution in [3.8, 4) is 11.1 Å². The Kier molecular flexibility index (Phi) is 9.48. The van der Waals surface area contributed by atoms with E-state index in [-0.39, 0.29) is 17.2 Å². The zero-order valence-electron chi connectivity index (χ0n) is 23.4. The number of aryl methyl sites for hydroxylation is 5. The maximum Gasteiger partial charge on any atom is 0.305 e. The third kappa shape index (κ3) is 7.01. The fourth-order valence-electron chi connectivity index (χ4n) is 5.13. The van der Waals surface area contributed by atoms with E-state index < -0.39 is 41.8 Å². The molecule has 1 heterocycles. The van der Waals surface area contributed by atoms with Crippen LogP contribution >= 0.6 is 15.9 Å². The number of aliphatic carboxylic acids is 1. The fraction of sp³-hybridized carbons (Fsp3) is 0.400. The zero-order chi connectivity index (χ0) is 29.2. The molecule has 0 spiro atoms. The topological polar surface area (TPSA) is 101 Å². The van der Waals surface area contributed by atoms with Crippen molar-refractivity contribution in [2.45, 2.75) is 73.4 Å². The van der Waals surface area contributed by atoms with Crippen LogP contribution in [-0.2, 0) is 9.59 Å². The molecular formula is C30H35BrFN3O4. The maximum atomic E-state index is 15.6. The number of nitrogens with zero attached hydrogens (tertiary/aromatic N) is 2. The lowest BCUT2D eigenvalue weighted by molar-refractivity contribution is -0.138. The predicted octanol–water partition coefficient (Wildman–Crippen LogP) is 6.27. The van der Waals surface area contributed by atoms with E-state index in [9.17, 15) is 19.5 Å². The fourth-order valence-corrected chi connectivity index (χ4v) is 5.62. The minimum atomic E-state index is -1.19. The Balaban J connectivity index is 2.13. The molecular weight excluding hydrogens is 565 g/mol. The van der Waals surface area contributed by atoms with Crippen LogP contribution in [0.2, 0.25) is 0 Å². The SMILES string of the molecule is Cc1cc(C)c(-c2cc(C)c(F)c([C@H](CC(=O)O)NC(=O)[C@H](CC(C)C)n3cc(Br)nc(C)c3=O)c2)c(C)c1. The van der Waals surface area contributed by atoms with Crippen molar-refractivity contribution in [2.24, 2.45) is 5.92 Å². The van der Waals surface area contributed by atoms with Gasteiger partial charge in [-0.3, -0.25) is 19.0 Å². The molecule has 0 unspecified atom stereocenters. The number of aromatic nitrogens is 2. The Morgan fingerprint density at radius 2 is 1.67 bits per heavy atom. The molecule has 0 aliphatic carbocycles. The molecule has 9 heteroatoms. The molecule has 0 radical (unpaired) electrons. The number of carbonyl (C=O) groups excluding carboxylic acids is 1. The van der Waals surface area contributed by atoms with Gasteiger partial charge in [0, 0.05) is 11.8 Å². The van der Waals surface area contributed by atoms with Crippen molar-refractivity contribution in [1.82, 2.24) is 14.9 Å². The molecule has 0 bridgehead atoms. The number of carboxylic acid groups (broad SMARTS) is 1. The molecule has 0 saturated carbocycles. The Bertz CT molecular complexity index is 1460. The molecule has 0 fully saturated rings. The van der Waals surface area contributed by atoms with Crippen molar-refractivity contribution in [2.75, 3.05) is 0 Å². The van der Waals surface area contributed by atoms with Gasteiger partial charge in [0.2, 0.25) is 5.91 Å². The first-order valence-corrected chi connectivity index (χ1v) is 13.6. The number of carboxylic acids is 1. The van der Waals surface area contributed by atoms with Crippen LogP contribution in [0.25, 0.3) is 11.1 Å². The second kappa shape index (κ2) is 12.2. The van der Waals surface area contributed by atoms with Crippen molar-refractivity contribution in [3.05, 3.63) is 84.7 Å². The molecule has 3 rings (SSSR count). The highest BCUT2D eigenvalue weighted by molar-refractivity contribution is 9.10. The van der Waals surface area contributed by atoms with Crippen LogP contribution in [0, 0.1) is 46.4 Å². The Morgan fingerprint density at radius 1 is 1.05 bits per heavy atom. The van der Waals surface area contributed by atoms with Gasteiger partial charge >= 0.3 is 5.97 Å². The number of benzene rings is 2. The Morgan fingerprint density at radius 3 is 2.23 bits per heavy atom. The summed E-state index contributed by atoms with van der Waals surface area (Å²) < 4.78 is 17.3. The number of amides is 1. The number of rotatable bonds is 9. The van der Waals surface area contributed by atoms with Crippen LogP contribution in [0.4, 0.5) is 4.39 Å². The lowest BCUT2D eigenvalue weighted by atomic mass is 9.89. The van der Waals surface area contributed by atoms with E-state index in [0.29, 0.717) is 16.6 Å². The zero-order valence-corrected chi connectivity index (χ0v) is 24.9. The number of hydrogen-bond donors (Lipinski definition) is 2.